The smallest absolute Gasteiger partial charge is 0.256 e. The monoisotopic (exact) mass is 647 g/mol. The highest BCUT2D eigenvalue weighted by molar-refractivity contribution is 6.09. The molecule has 11 nitrogen and oxygen atoms in total. The molecule has 0 heterocycles. The molecule has 1 atom stereocenters. The largest absolute Gasteiger partial charge is 0.494 e. The van der Waals surface area contributed by atoms with Crippen molar-refractivity contribution >= 4 is 46.3 Å². The molecule has 0 aliphatic rings. The lowest BCUT2D eigenvalue weighted by Crippen LogP contribution is -2.25. The number of aryl methyl sites for hydroxylation is 1. The summed E-state index contributed by atoms with van der Waals surface area (Å²) >= 11 is 0. The van der Waals surface area contributed by atoms with Gasteiger partial charge >= 0.3 is 0 Å². The highest BCUT2D eigenvalue weighted by atomic mass is 16.5. The van der Waals surface area contributed by atoms with Crippen molar-refractivity contribution in [1.29, 1.82) is 5.26 Å². The van der Waals surface area contributed by atoms with Crippen molar-refractivity contribution in [2.45, 2.75) is 33.6 Å². The minimum Gasteiger partial charge on any atom is -0.494 e. The van der Waals surface area contributed by atoms with Gasteiger partial charge in [-0.25, -0.2) is 0 Å². The van der Waals surface area contributed by atoms with Gasteiger partial charge in [-0.3, -0.25) is 19.2 Å². The van der Waals surface area contributed by atoms with Crippen LogP contribution in [0.2, 0.25) is 0 Å². The van der Waals surface area contributed by atoms with Gasteiger partial charge in [-0.15, -0.1) is 0 Å². The second-order valence-electron chi connectivity index (χ2n) is 11.2. The van der Waals surface area contributed by atoms with E-state index in [0.717, 1.165) is 11.1 Å². The van der Waals surface area contributed by atoms with Gasteiger partial charge in [0.05, 0.1) is 37.6 Å². The number of nitrogen functional groups attached to an aromatic ring is 1. The zero-order valence-electron chi connectivity index (χ0n) is 27.4. The van der Waals surface area contributed by atoms with Crippen LogP contribution >= 0.6 is 0 Å². The number of ketones is 1. The summed E-state index contributed by atoms with van der Waals surface area (Å²) in [5, 5.41) is 17.7. The summed E-state index contributed by atoms with van der Waals surface area (Å²) in [6.45, 7) is 5.60. The fraction of sp³-hybridized carbons (Fsp3) is 0.216. The van der Waals surface area contributed by atoms with E-state index in [1.165, 1.54) is 19.2 Å². The lowest BCUT2D eigenvalue weighted by atomic mass is 9.95. The van der Waals surface area contributed by atoms with Crippen molar-refractivity contribution in [3.63, 3.8) is 0 Å². The molecule has 0 radical (unpaired) electrons. The molecule has 0 saturated carbocycles. The van der Waals surface area contributed by atoms with Gasteiger partial charge in [0.2, 0.25) is 5.91 Å². The third kappa shape index (κ3) is 7.97. The number of nitrogens with zero attached hydrogens (tertiary/aromatic N) is 1. The molecule has 246 valence electrons. The minimum atomic E-state index is -0.869. The van der Waals surface area contributed by atoms with Crippen molar-refractivity contribution in [1.82, 2.24) is 0 Å². The van der Waals surface area contributed by atoms with Crippen LogP contribution in [-0.4, -0.2) is 37.7 Å². The Labute approximate surface area is 279 Å². The maximum Gasteiger partial charge on any atom is 0.256 e. The van der Waals surface area contributed by atoms with Crippen LogP contribution in [0, 0.1) is 38.0 Å². The fourth-order valence-electron chi connectivity index (χ4n) is 5.16. The van der Waals surface area contributed by atoms with Gasteiger partial charge in [-0.1, -0.05) is 6.07 Å². The van der Waals surface area contributed by atoms with Gasteiger partial charge in [0, 0.05) is 46.5 Å². The Bertz CT molecular complexity index is 1900. The van der Waals surface area contributed by atoms with Gasteiger partial charge in [-0.2, -0.15) is 5.26 Å². The molecule has 48 heavy (non-hydrogen) atoms. The Morgan fingerprint density at radius 3 is 1.90 bits per heavy atom. The number of rotatable bonds is 12. The number of hydrogen-bond acceptors (Lipinski definition) is 8. The number of benzene rings is 4. The van der Waals surface area contributed by atoms with Gasteiger partial charge in [0.15, 0.2) is 5.78 Å². The first kappa shape index (κ1) is 34.7. The topological polar surface area (TPSA) is 173 Å². The number of hydrogen-bond donors (Lipinski definition) is 4. The van der Waals surface area contributed by atoms with Crippen LogP contribution in [-0.2, 0) is 4.79 Å². The maximum atomic E-state index is 13.3. The number of Topliss-reactive ketones (excluding diaryl/α,β-unsaturated/α-hetero) is 1. The third-order valence-electron chi connectivity index (χ3n) is 8.02. The van der Waals surface area contributed by atoms with E-state index in [1.807, 2.05) is 26.0 Å². The number of carbonyl (C=O) groups is 4. The lowest BCUT2D eigenvalue weighted by Gasteiger charge is -2.18. The molecule has 4 aromatic carbocycles. The summed E-state index contributed by atoms with van der Waals surface area (Å²) in [4.78, 5) is 52.1. The van der Waals surface area contributed by atoms with Crippen LogP contribution in [0.25, 0.3) is 0 Å². The Balaban J connectivity index is 1.43. The first-order chi connectivity index (χ1) is 23.0. The van der Waals surface area contributed by atoms with Gasteiger partial charge in [0.25, 0.3) is 11.8 Å². The number of nitriles is 1. The van der Waals surface area contributed by atoms with Crippen LogP contribution in [0.3, 0.4) is 0 Å². The van der Waals surface area contributed by atoms with Crippen LogP contribution in [0.15, 0.2) is 72.8 Å². The number of nitrogens with one attached hydrogen (secondary N) is 3. The molecule has 0 fully saturated rings. The number of ether oxygens (including phenoxy) is 2. The first-order valence-electron chi connectivity index (χ1n) is 15.1. The van der Waals surface area contributed by atoms with E-state index in [-0.39, 0.29) is 24.5 Å². The molecule has 0 aromatic heterocycles. The number of carbonyl (C=O) groups excluding carboxylic acids is 4. The average Bonchev–Trinajstić information content (AvgIpc) is 3.07. The standard InChI is InChI=1S/C37H37N5O6/c1-21-6-16-30(33(47-4)22(21)2)42-37(46)29-15-17-31(34(48-5)23(29)3)41-35(44)25-9-13-28(14-10-25)40-36(45)26(18-19-38)20-32(43)24-7-11-27(39)12-8-24/h6-17,26H,18,20,39H2,1-5H3,(H,40,45)(H,41,44)(H,42,46). The summed E-state index contributed by atoms with van der Waals surface area (Å²) in [6, 6.07) is 21.4. The normalized spacial score (nSPS) is 11.1. The maximum absolute atomic E-state index is 13.3. The summed E-state index contributed by atoms with van der Waals surface area (Å²) in [6.07, 6.45) is -0.292. The minimum absolute atomic E-state index is 0.144. The molecule has 0 aliphatic heterocycles. The number of methoxy groups -OCH3 is 2. The summed E-state index contributed by atoms with van der Waals surface area (Å²) < 4.78 is 11.1. The van der Waals surface area contributed by atoms with Crippen molar-refractivity contribution in [3.8, 4) is 17.6 Å². The Kier molecular flexibility index (Phi) is 11.2. The SMILES string of the molecule is COc1c(NC(=O)c2ccc(NC(=O)c3ccc(NC(=O)C(CC#N)CC(=O)c4ccc(N)cc4)cc3)c(OC)c2C)ccc(C)c1C. The molecule has 4 rings (SSSR count). The molecule has 4 aromatic rings. The van der Waals surface area contributed by atoms with Crippen molar-refractivity contribution in [2.75, 3.05) is 35.9 Å². The lowest BCUT2D eigenvalue weighted by molar-refractivity contribution is -0.119. The molecule has 3 amide bonds. The van der Waals surface area contributed by atoms with E-state index in [1.54, 1.807) is 68.6 Å². The quantitative estimate of drug-likeness (QED) is 0.100. The van der Waals surface area contributed by atoms with E-state index < -0.39 is 17.7 Å². The van der Waals surface area contributed by atoms with E-state index in [2.05, 4.69) is 16.0 Å². The van der Waals surface area contributed by atoms with Crippen LogP contribution in [0.4, 0.5) is 22.7 Å². The number of nitrogens with two attached hydrogens (primary N) is 1. The fourth-order valence-corrected chi connectivity index (χ4v) is 5.16. The summed E-state index contributed by atoms with van der Waals surface area (Å²) in [7, 11) is 3.00. The zero-order valence-corrected chi connectivity index (χ0v) is 27.4. The van der Waals surface area contributed by atoms with Crippen LogP contribution < -0.4 is 31.2 Å². The second-order valence-corrected chi connectivity index (χ2v) is 11.2. The molecular weight excluding hydrogens is 610 g/mol. The average molecular weight is 648 g/mol. The second kappa shape index (κ2) is 15.4. The molecule has 0 bridgehead atoms. The summed E-state index contributed by atoms with van der Waals surface area (Å²) in [5.74, 6) is -1.55. The Hall–Kier alpha value is -6.15. The molecular formula is C37H37N5O6. The number of anilines is 4. The molecule has 0 spiro atoms. The Morgan fingerprint density at radius 2 is 1.29 bits per heavy atom. The van der Waals surface area contributed by atoms with Crippen LogP contribution in [0.5, 0.6) is 11.5 Å². The van der Waals surface area contributed by atoms with Gasteiger partial charge < -0.3 is 31.2 Å². The van der Waals surface area contributed by atoms with Crippen molar-refractivity contribution < 1.29 is 28.7 Å². The van der Waals surface area contributed by atoms with Crippen LogP contribution in [0.1, 0.15) is 60.6 Å². The number of amides is 3. The molecule has 1 unspecified atom stereocenters. The van der Waals surface area contributed by atoms with E-state index >= 15 is 0 Å². The highest BCUT2D eigenvalue weighted by Gasteiger charge is 2.24. The highest BCUT2D eigenvalue weighted by Crippen LogP contribution is 2.34. The van der Waals surface area contributed by atoms with Crippen molar-refractivity contribution in [3.05, 3.63) is 106 Å². The molecule has 0 aliphatic carbocycles. The van der Waals surface area contributed by atoms with E-state index in [0.29, 0.717) is 56.5 Å². The van der Waals surface area contributed by atoms with Gasteiger partial charge in [0.1, 0.15) is 11.5 Å². The predicted molar refractivity (Wildman–Crippen MR) is 185 cm³/mol. The first-order valence-corrected chi connectivity index (χ1v) is 15.1. The predicted octanol–water partition coefficient (Wildman–Crippen LogP) is 6.46. The Morgan fingerprint density at radius 1 is 0.729 bits per heavy atom. The zero-order chi connectivity index (χ0) is 35.0. The third-order valence-corrected chi connectivity index (χ3v) is 8.02. The molecule has 11 heteroatoms. The molecule has 5 N–H and O–H groups in total. The van der Waals surface area contributed by atoms with E-state index in [4.69, 9.17) is 15.2 Å². The van der Waals surface area contributed by atoms with E-state index in [9.17, 15) is 24.4 Å². The summed E-state index contributed by atoms with van der Waals surface area (Å²) in [5.41, 5.74) is 11.0. The molecule has 0 saturated heterocycles. The van der Waals surface area contributed by atoms with Gasteiger partial charge in [-0.05, 0) is 98.6 Å². The van der Waals surface area contributed by atoms with Crippen molar-refractivity contribution in [2.24, 2.45) is 5.92 Å².